The number of benzene rings is 2. The van der Waals surface area contributed by atoms with E-state index < -0.39 is 17.1 Å². The number of piperidine rings is 1. The first-order valence-electron chi connectivity index (χ1n) is 11.2. The van der Waals surface area contributed by atoms with E-state index in [1.165, 1.54) is 5.56 Å². The number of fused-ring (bicyclic) bond motifs is 3. The highest BCUT2D eigenvalue weighted by molar-refractivity contribution is 5.85. The van der Waals surface area contributed by atoms with Crippen molar-refractivity contribution >= 4 is 35.7 Å². The summed E-state index contributed by atoms with van der Waals surface area (Å²) in [5.41, 5.74) is 3.96. The average molecular weight is 489 g/mol. The predicted molar refractivity (Wildman–Crippen MR) is 134 cm³/mol. The number of pyridine rings is 1. The Hall–Kier alpha value is -1.89. The number of rotatable bonds is 2. The van der Waals surface area contributed by atoms with E-state index in [4.69, 9.17) is 4.98 Å². The van der Waals surface area contributed by atoms with Gasteiger partial charge in [-0.25, -0.2) is 0 Å². The van der Waals surface area contributed by atoms with E-state index in [0.717, 1.165) is 47.1 Å². The third kappa shape index (κ3) is 3.44. The molecule has 33 heavy (non-hydrogen) atoms. The topological polar surface area (TPSA) is 76.8 Å². The summed E-state index contributed by atoms with van der Waals surface area (Å²) in [5.74, 6) is 0.248. The summed E-state index contributed by atoms with van der Waals surface area (Å²) in [6, 6.07) is 15.9. The standard InChI is InChI=1S/C26H28N2O3.2ClH/c1-16(29)15-28-9-8-25-14-23-19(10-18-4-2-3-5-22(18)27-23)13-26(25,31)24(28)11-17-6-7-20(30)12-21(17)25;;/h2-7,10,12,16,24,29-31H,8-9,11,13-15H2,1H3;2*1H/t16-,24-,25-,26-;;/m1../s1. The third-order valence-corrected chi connectivity index (χ3v) is 7.99. The minimum atomic E-state index is -0.974. The molecule has 3 N–H and O–H groups in total. The van der Waals surface area contributed by atoms with E-state index >= 15 is 0 Å². The number of nitrogens with zero attached hydrogens (tertiary/aromatic N) is 2. The predicted octanol–water partition coefficient (Wildman–Crippen LogP) is 3.56. The number of aliphatic hydroxyl groups is 2. The van der Waals surface area contributed by atoms with Crippen LogP contribution in [-0.2, 0) is 24.7 Å². The molecular formula is C26H30Cl2N2O3. The second-order valence-electron chi connectivity index (χ2n) is 9.80. The number of aliphatic hydroxyl groups excluding tert-OH is 1. The summed E-state index contributed by atoms with van der Waals surface area (Å²) < 4.78 is 0. The lowest BCUT2D eigenvalue weighted by atomic mass is 9.49. The molecule has 1 fully saturated rings. The largest absolute Gasteiger partial charge is 0.508 e. The lowest BCUT2D eigenvalue weighted by Gasteiger charge is -2.63. The number of halogens is 2. The van der Waals surface area contributed by atoms with Gasteiger partial charge >= 0.3 is 0 Å². The van der Waals surface area contributed by atoms with Crippen LogP contribution in [0.4, 0.5) is 0 Å². The van der Waals surface area contributed by atoms with E-state index in [0.29, 0.717) is 19.4 Å². The van der Waals surface area contributed by atoms with Crippen molar-refractivity contribution < 1.29 is 15.3 Å². The molecule has 0 unspecified atom stereocenters. The molecular weight excluding hydrogens is 459 g/mol. The first kappa shape index (κ1) is 24.2. The SMILES string of the molecule is C[C@@H](O)CN1CC[C@]23Cc4nc5ccccc5cc4C[C@@]2(O)[C@H]1Cc1ccc(O)cc13.Cl.Cl. The van der Waals surface area contributed by atoms with Crippen molar-refractivity contribution in [3.63, 3.8) is 0 Å². The van der Waals surface area contributed by atoms with Crippen LogP contribution in [0.25, 0.3) is 10.9 Å². The summed E-state index contributed by atoms with van der Waals surface area (Å²) in [6.07, 6.45) is 2.25. The Morgan fingerprint density at radius 2 is 1.88 bits per heavy atom. The molecule has 6 rings (SSSR count). The smallest absolute Gasteiger partial charge is 0.115 e. The van der Waals surface area contributed by atoms with Crippen LogP contribution in [0.5, 0.6) is 5.75 Å². The molecule has 176 valence electrons. The molecule has 1 aromatic heterocycles. The van der Waals surface area contributed by atoms with Gasteiger partial charge in [-0.15, -0.1) is 24.8 Å². The maximum Gasteiger partial charge on any atom is 0.115 e. The Morgan fingerprint density at radius 1 is 1.09 bits per heavy atom. The van der Waals surface area contributed by atoms with E-state index in [1.807, 2.05) is 37.3 Å². The van der Waals surface area contributed by atoms with Crippen LogP contribution in [0.15, 0.2) is 48.5 Å². The summed E-state index contributed by atoms with van der Waals surface area (Å²) in [7, 11) is 0. The highest BCUT2D eigenvalue weighted by atomic mass is 35.5. The summed E-state index contributed by atoms with van der Waals surface area (Å²) in [4.78, 5) is 7.29. The van der Waals surface area contributed by atoms with Gasteiger partial charge in [0.25, 0.3) is 0 Å². The maximum atomic E-state index is 12.5. The van der Waals surface area contributed by atoms with Gasteiger partial charge in [0.15, 0.2) is 0 Å². The quantitative estimate of drug-likeness (QED) is 0.513. The highest BCUT2D eigenvalue weighted by Crippen LogP contribution is 2.57. The Bertz CT molecular complexity index is 1200. The molecule has 0 spiro atoms. The van der Waals surface area contributed by atoms with Crippen LogP contribution in [0.2, 0.25) is 0 Å². The molecule has 5 nitrogen and oxygen atoms in total. The van der Waals surface area contributed by atoms with Gasteiger partial charge in [-0.05, 0) is 67.3 Å². The second kappa shape index (κ2) is 8.40. The van der Waals surface area contributed by atoms with E-state index in [2.05, 4.69) is 17.0 Å². The van der Waals surface area contributed by atoms with Crippen molar-refractivity contribution in [2.45, 2.75) is 55.8 Å². The molecule has 7 heteroatoms. The Labute approximate surface area is 206 Å². The molecule has 3 aliphatic rings. The zero-order valence-corrected chi connectivity index (χ0v) is 20.2. The molecule has 2 aromatic carbocycles. The summed E-state index contributed by atoms with van der Waals surface area (Å²) in [6.45, 7) is 3.18. The number of aromatic nitrogens is 1. The molecule has 2 heterocycles. The van der Waals surface area contributed by atoms with Crippen molar-refractivity contribution in [2.75, 3.05) is 13.1 Å². The zero-order chi connectivity index (χ0) is 21.4. The average Bonchev–Trinajstić information content (AvgIpc) is 2.73. The number of hydrogen-bond donors (Lipinski definition) is 3. The van der Waals surface area contributed by atoms with Gasteiger partial charge in [0.05, 0.1) is 17.2 Å². The highest BCUT2D eigenvalue weighted by Gasteiger charge is 2.64. The van der Waals surface area contributed by atoms with Crippen molar-refractivity contribution in [1.82, 2.24) is 9.88 Å². The van der Waals surface area contributed by atoms with Gasteiger partial charge in [-0.3, -0.25) is 9.88 Å². The summed E-state index contributed by atoms with van der Waals surface area (Å²) in [5, 5.41) is 34.0. The Kier molecular flexibility index (Phi) is 6.17. The summed E-state index contributed by atoms with van der Waals surface area (Å²) >= 11 is 0. The first-order chi connectivity index (χ1) is 14.9. The number of phenolic OH excluding ortho intramolecular Hbond substituents is 1. The van der Waals surface area contributed by atoms with E-state index in [1.54, 1.807) is 6.07 Å². The number of phenols is 1. The van der Waals surface area contributed by atoms with Gasteiger partial charge in [-0.1, -0.05) is 24.3 Å². The Balaban J connectivity index is 0.00000130. The fraction of sp³-hybridized carbons (Fsp3) is 0.423. The van der Waals surface area contributed by atoms with Crippen molar-refractivity contribution in [3.8, 4) is 5.75 Å². The van der Waals surface area contributed by atoms with Crippen LogP contribution in [0.3, 0.4) is 0 Å². The fourth-order valence-electron chi connectivity index (χ4n) is 6.65. The van der Waals surface area contributed by atoms with Crippen LogP contribution in [0.1, 0.15) is 35.7 Å². The van der Waals surface area contributed by atoms with Gasteiger partial charge < -0.3 is 15.3 Å². The normalized spacial score (nSPS) is 28.5. The minimum Gasteiger partial charge on any atom is -0.508 e. The molecule has 4 atom stereocenters. The van der Waals surface area contributed by atoms with Crippen LogP contribution in [0, 0.1) is 0 Å². The van der Waals surface area contributed by atoms with E-state index in [9.17, 15) is 15.3 Å². The molecule has 3 aromatic rings. The lowest BCUT2D eigenvalue weighted by Crippen LogP contribution is -2.74. The third-order valence-electron chi connectivity index (χ3n) is 7.99. The number of β-amino-alcohol motifs (C(OH)–C–C–N with tert-alkyl or cyclic N) is 1. The van der Waals surface area contributed by atoms with Crippen molar-refractivity contribution in [2.24, 2.45) is 0 Å². The minimum absolute atomic E-state index is 0. The van der Waals surface area contributed by atoms with Gasteiger partial charge in [0.1, 0.15) is 5.75 Å². The van der Waals surface area contributed by atoms with Crippen molar-refractivity contribution in [3.05, 3.63) is 70.9 Å². The number of likely N-dealkylation sites (tertiary alicyclic amines) is 1. The van der Waals surface area contributed by atoms with Crippen LogP contribution < -0.4 is 0 Å². The molecule has 0 radical (unpaired) electrons. The van der Waals surface area contributed by atoms with Crippen LogP contribution in [-0.4, -0.2) is 56.0 Å². The molecule has 2 bridgehead atoms. The maximum absolute atomic E-state index is 12.5. The van der Waals surface area contributed by atoms with Gasteiger partial charge in [0.2, 0.25) is 0 Å². The number of hydrogen-bond acceptors (Lipinski definition) is 5. The van der Waals surface area contributed by atoms with Gasteiger partial charge in [-0.2, -0.15) is 0 Å². The molecule has 1 aliphatic heterocycles. The molecule has 0 saturated carbocycles. The second-order valence-corrected chi connectivity index (χ2v) is 9.80. The Morgan fingerprint density at radius 3 is 2.67 bits per heavy atom. The first-order valence-corrected chi connectivity index (χ1v) is 11.2. The number of aromatic hydroxyl groups is 1. The number of para-hydroxylation sites is 1. The zero-order valence-electron chi connectivity index (χ0n) is 18.6. The monoisotopic (exact) mass is 488 g/mol. The molecule has 1 saturated heterocycles. The fourth-order valence-corrected chi connectivity index (χ4v) is 6.65. The van der Waals surface area contributed by atoms with Crippen LogP contribution >= 0.6 is 24.8 Å². The van der Waals surface area contributed by atoms with Crippen molar-refractivity contribution in [1.29, 1.82) is 0 Å². The molecule has 2 aliphatic carbocycles. The lowest BCUT2D eigenvalue weighted by molar-refractivity contribution is -0.155. The van der Waals surface area contributed by atoms with E-state index in [-0.39, 0.29) is 36.6 Å². The molecule has 0 amide bonds. The van der Waals surface area contributed by atoms with Gasteiger partial charge in [0, 0.05) is 41.9 Å².